The number of hydrogen-bond donors (Lipinski definition) is 4. The second-order valence-electron chi connectivity index (χ2n) is 26.5. The highest BCUT2D eigenvalue weighted by molar-refractivity contribution is 7.99. The van der Waals surface area contributed by atoms with Crippen molar-refractivity contribution in [1.29, 1.82) is 0 Å². The van der Waals surface area contributed by atoms with Crippen molar-refractivity contribution in [3.8, 4) is 0 Å². The molecular weight excluding hydrogens is 1370 g/mol. The normalized spacial score (nSPS) is 18.2. The van der Waals surface area contributed by atoms with Crippen LogP contribution in [0.4, 0.5) is 30.2 Å². The van der Waals surface area contributed by atoms with Crippen molar-refractivity contribution in [3.63, 3.8) is 0 Å². The van der Waals surface area contributed by atoms with E-state index in [9.17, 15) is 58.8 Å². The third-order valence-corrected chi connectivity index (χ3v) is 22.8. The highest BCUT2D eigenvalue weighted by atomic mass is 32.2. The summed E-state index contributed by atoms with van der Waals surface area (Å²) in [5.74, 6) is -3.17. The van der Waals surface area contributed by atoms with E-state index in [2.05, 4.69) is 79.1 Å². The first-order chi connectivity index (χ1) is 48.4. The van der Waals surface area contributed by atoms with Crippen LogP contribution in [0, 0.1) is 5.41 Å². The zero-order chi connectivity index (χ0) is 71.5. The largest absolute Gasteiger partial charge is 0.501 e. The molecule has 5 heterocycles. The summed E-state index contributed by atoms with van der Waals surface area (Å²) in [6.45, 7) is 12.5. The molecule has 0 spiro atoms. The molecule has 4 aliphatic heterocycles. The predicted octanol–water partition coefficient (Wildman–Crippen LogP) is 8.11. The summed E-state index contributed by atoms with van der Waals surface area (Å²) in [7, 11) is -11.1. The average Bonchev–Trinajstić information content (AvgIpc) is 1.74. The number of imide groups is 2. The summed E-state index contributed by atoms with van der Waals surface area (Å²) in [5, 5.41) is 16.7. The molecule has 538 valence electrons. The minimum absolute atomic E-state index is 0.0206. The first-order valence-electron chi connectivity index (χ1n) is 33.8. The number of carbonyl (C=O) groups excluding carboxylic acids is 6. The number of aryl methyl sites for hydroxylation is 1. The molecule has 4 N–H and O–H groups in total. The molecule has 101 heavy (non-hydrogen) atoms. The molecule has 6 aromatic rings. The number of benzene rings is 5. The molecule has 5 aliphatic rings. The Balaban J connectivity index is 0.618. The second-order valence-corrected chi connectivity index (χ2v) is 31.1. The van der Waals surface area contributed by atoms with E-state index in [-0.39, 0.29) is 79.5 Å². The zero-order valence-electron chi connectivity index (χ0n) is 56.3. The number of piperazine rings is 2. The van der Waals surface area contributed by atoms with Crippen LogP contribution in [-0.4, -0.2) is 202 Å². The number of anilines is 3. The Labute approximate surface area is 589 Å². The lowest BCUT2D eigenvalue weighted by Gasteiger charge is -2.39. The van der Waals surface area contributed by atoms with Gasteiger partial charge >= 0.3 is 5.51 Å². The van der Waals surface area contributed by atoms with Crippen molar-refractivity contribution >= 4 is 89.7 Å². The van der Waals surface area contributed by atoms with Gasteiger partial charge < -0.3 is 29.9 Å². The maximum Gasteiger partial charge on any atom is 0.501 e. The quantitative estimate of drug-likeness (QED) is 0.0188. The lowest BCUT2D eigenvalue weighted by Crippen LogP contribution is -2.54. The van der Waals surface area contributed by atoms with Crippen LogP contribution in [0.15, 0.2) is 148 Å². The first-order valence-corrected chi connectivity index (χ1v) is 37.8. The number of amides is 6. The standard InChI is InChI=1S/C71H83F3N12O12S3/c1-70(2)28-26-57(49-11-5-3-6-12-49)51(44-70)45-82-34-36-83(37-35-82)54-20-18-50(19-21-54)66(89)79-101(95,96)56-22-23-59(62(43-56)100(93,94)71(72,73)74)76-52(48-99-55-13-7-4-8-14-55)27-31-81-32-38-84(39-33-81)64(88)17-10-30-85-46-53(78-80-85)47-98-42-41-97-40-29-75-60-16-9-15-58-65(60)69(92)86(68(58)91)61-24-25-63(87)77-67(61)90/h3-9,11-16,18-23,43,46,52,61,75-76H,10,17,24-42,44-45,47-48H2,1-2H3,(H,79,89)(H,77,87,90)/t52-,61?/m1/s1. The molecule has 0 bridgehead atoms. The van der Waals surface area contributed by atoms with E-state index >= 15 is 0 Å². The van der Waals surface area contributed by atoms with Gasteiger partial charge in [0.25, 0.3) is 37.6 Å². The van der Waals surface area contributed by atoms with Gasteiger partial charge in [0.05, 0.1) is 54.3 Å². The Hall–Kier alpha value is -8.52. The fraction of sp³-hybridized carbons (Fsp3) is 0.437. The smallest absolute Gasteiger partial charge is 0.382 e. The number of ether oxygens (including phenoxy) is 2. The fourth-order valence-corrected chi connectivity index (χ4v) is 16.3. The van der Waals surface area contributed by atoms with Gasteiger partial charge in [-0.1, -0.05) is 79.2 Å². The van der Waals surface area contributed by atoms with Gasteiger partial charge in [-0.3, -0.25) is 53.5 Å². The van der Waals surface area contributed by atoms with Crippen LogP contribution in [-0.2, 0) is 56.9 Å². The molecule has 3 saturated heterocycles. The number of alkyl halides is 3. The number of fused-ring (bicyclic) bond motifs is 1. The van der Waals surface area contributed by atoms with Gasteiger partial charge in [-0.15, -0.1) is 16.9 Å². The van der Waals surface area contributed by atoms with E-state index < -0.39 is 82.5 Å². The number of aromatic nitrogens is 3. The SMILES string of the molecule is CC1(C)CCC(c2ccccc2)=C(CN2CCN(c3ccc(C(=O)NS(=O)(=O)c4ccc(N[C@H](CCN5CCN(C(=O)CCCn6cc(COCCOCCNc7cccc8c7C(=O)N(C7CCC(=O)NC7=O)C8=O)nn6)CC5)CSc5ccccc5)c(S(=O)(=O)C(F)(F)F)c4)cc3)CC2)C1. The van der Waals surface area contributed by atoms with Crippen molar-refractivity contribution in [3.05, 3.63) is 161 Å². The Morgan fingerprint density at radius 1 is 0.772 bits per heavy atom. The lowest BCUT2D eigenvalue weighted by atomic mass is 9.73. The topological polar surface area (TPSA) is 284 Å². The number of piperidine rings is 1. The van der Waals surface area contributed by atoms with E-state index in [0.29, 0.717) is 76.1 Å². The number of rotatable bonds is 30. The summed E-state index contributed by atoms with van der Waals surface area (Å²) >= 11 is 1.40. The lowest BCUT2D eigenvalue weighted by molar-refractivity contribution is -0.136. The van der Waals surface area contributed by atoms with Crippen LogP contribution in [0.3, 0.4) is 0 Å². The van der Waals surface area contributed by atoms with E-state index in [1.807, 2.05) is 41.1 Å². The molecular formula is C71H83F3N12O12S3. The van der Waals surface area contributed by atoms with E-state index in [1.165, 1.54) is 46.7 Å². The van der Waals surface area contributed by atoms with Gasteiger partial charge in [-0.05, 0) is 122 Å². The van der Waals surface area contributed by atoms with E-state index in [1.54, 1.807) is 40.0 Å². The summed E-state index contributed by atoms with van der Waals surface area (Å²) < 4.78 is 113. The number of thioether (sulfide) groups is 1. The molecule has 5 aromatic carbocycles. The maximum absolute atomic E-state index is 14.5. The number of nitrogens with one attached hydrogen (secondary N) is 4. The van der Waals surface area contributed by atoms with Crippen molar-refractivity contribution in [2.24, 2.45) is 5.41 Å². The number of allylic oxidation sites excluding steroid dienone is 1. The fourth-order valence-electron chi connectivity index (χ4n) is 13.3. The van der Waals surface area contributed by atoms with Gasteiger partial charge in [0, 0.05) is 125 Å². The third-order valence-electron chi connectivity index (χ3n) is 18.7. The van der Waals surface area contributed by atoms with Crippen LogP contribution in [0.5, 0.6) is 0 Å². The highest BCUT2D eigenvalue weighted by Crippen LogP contribution is 2.43. The van der Waals surface area contributed by atoms with Crippen LogP contribution in [0.2, 0.25) is 0 Å². The van der Waals surface area contributed by atoms with Crippen molar-refractivity contribution < 1.29 is 68.2 Å². The van der Waals surface area contributed by atoms with Crippen molar-refractivity contribution in [1.82, 2.24) is 44.6 Å². The van der Waals surface area contributed by atoms with E-state index in [0.717, 1.165) is 79.6 Å². The monoisotopic (exact) mass is 1450 g/mol. The number of hydrogen-bond acceptors (Lipinski definition) is 20. The Kier molecular flexibility index (Phi) is 23.8. The molecule has 0 saturated carbocycles. The minimum atomic E-state index is -6.17. The minimum Gasteiger partial charge on any atom is -0.382 e. The summed E-state index contributed by atoms with van der Waals surface area (Å²) in [6, 6.07) is 31.6. The van der Waals surface area contributed by atoms with Crippen LogP contribution < -0.4 is 25.6 Å². The summed E-state index contributed by atoms with van der Waals surface area (Å²) in [6.07, 6.45) is 6.06. The molecule has 6 amide bonds. The molecule has 1 unspecified atom stereocenters. The van der Waals surface area contributed by atoms with Gasteiger partial charge in [0.1, 0.15) is 16.6 Å². The number of nitrogens with zero attached hydrogens (tertiary/aromatic N) is 8. The number of halogens is 3. The first kappa shape index (κ1) is 73.7. The Morgan fingerprint density at radius 3 is 2.21 bits per heavy atom. The molecule has 24 nitrogen and oxygen atoms in total. The van der Waals surface area contributed by atoms with Crippen molar-refractivity contribution in [2.45, 2.75) is 111 Å². The highest BCUT2D eigenvalue weighted by Gasteiger charge is 2.49. The van der Waals surface area contributed by atoms with Gasteiger partial charge in [0.2, 0.25) is 17.7 Å². The van der Waals surface area contributed by atoms with Gasteiger partial charge in [-0.2, -0.15) is 13.2 Å². The van der Waals surface area contributed by atoms with Crippen LogP contribution in [0.25, 0.3) is 5.57 Å². The molecule has 30 heteroatoms. The molecule has 11 rings (SSSR count). The molecule has 1 aromatic heterocycles. The Bertz CT molecular complexity index is 4250. The number of sulfonamides is 1. The number of sulfone groups is 1. The van der Waals surface area contributed by atoms with Crippen LogP contribution >= 0.6 is 11.8 Å². The summed E-state index contributed by atoms with van der Waals surface area (Å²) in [4.78, 5) is 85.7. The number of carbonyl (C=O) groups is 6. The third kappa shape index (κ3) is 18.6. The van der Waals surface area contributed by atoms with Crippen molar-refractivity contribution in [2.75, 3.05) is 113 Å². The summed E-state index contributed by atoms with van der Waals surface area (Å²) in [5.41, 5.74) is 0.224. The average molecular weight is 1450 g/mol. The van der Waals surface area contributed by atoms with Gasteiger partial charge in [-0.25, -0.2) is 21.6 Å². The molecule has 1 aliphatic carbocycles. The van der Waals surface area contributed by atoms with Crippen LogP contribution in [0.1, 0.15) is 108 Å². The molecule has 3 fully saturated rings. The Morgan fingerprint density at radius 2 is 1.49 bits per heavy atom. The molecule has 0 radical (unpaired) electrons. The zero-order valence-corrected chi connectivity index (χ0v) is 58.7. The van der Waals surface area contributed by atoms with E-state index in [4.69, 9.17) is 9.47 Å². The molecule has 2 atom stereocenters. The maximum atomic E-state index is 14.5. The van der Waals surface area contributed by atoms with Gasteiger partial charge in [0.15, 0.2) is 0 Å². The predicted molar refractivity (Wildman–Crippen MR) is 374 cm³/mol. The second kappa shape index (κ2) is 32.6.